The van der Waals surface area contributed by atoms with E-state index < -0.39 is 0 Å². The number of hydrogen-bond donors (Lipinski definition) is 1. The van der Waals surface area contributed by atoms with E-state index in [-0.39, 0.29) is 11.9 Å². The summed E-state index contributed by atoms with van der Waals surface area (Å²) in [6.45, 7) is 3.65. The predicted octanol–water partition coefficient (Wildman–Crippen LogP) is 3.20. The van der Waals surface area contributed by atoms with Crippen LogP contribution in [-0.2, 0) is 0 Å². The van der Waals surface area contributed by atoms with Gasteiger partial charge in [-0.25, -0.2) is 4.39 Å². The van der Waals surface area contributed by atoms with Crippen molar-refractivity contribution in [2.24, 2.45) is 5.92 Å². The quantitative estimate of drug-likeness (QED) is 0.868. The van der Waals surface area contributed by atoms with E-state index in [4.69, 9.17) is 0 Å². The molecule has 2 unspecified atom stereocenters. The highest BCUT2D eigenvalue weighted by Crippen LogP contribution is 2.29. The molecule has 1 fully saturated rings. The van der Waals surface area contributed by atoms with E-state index in [1.807, 2.05) is 19.1 Å². The van der Waals surface area contributed by atoms with Crippen LogP contribution in [0.4, 0.5) is 10.1 Å². The molecule has 1 aromatic carbocycles. The maximum Gasteiger partial charge on any atom is 0.146 e. The van der Waals surface area contributed by atoms with Gasteiger partial charge >= 0.3 is 0 Å². The van der Waals surface area contributed by atoms with Crippen LogP contribution >= 0.6 is 0 Å². The van der Waals surface area contributed by atoms with Crippen LogP contribution in [0.25, 0.3) is 0 Å². The Morgan fingerprint density at radius 2 is 2.11 bits per heavy atom. The van der Waals surface area contributed by atoms with Crippen molar-refractivity contribution in [1.82, 2.24) is 0 Å². The van der Waals surface area contributed by atoms with Gasteiger partial charge in [-0.1, -0.05) is 18.6 Å². The summed E-state index contributed by atoms with van der Waals surface area (Å²) in [4.78, 5) is 2.06. The van der Waals surface area contributed by atoms with Crippen LogP contribution in [0.5, 0.6) is 0 Å². The van der Waals surface area contributed by atoms with E-state index in [1.165, 1.54) is 6.07 Å². The molecule has 18 heavy (non-hydrogen) atoms. The van der Waals surface area contributed by atoms with Crippen LogP contribution in [0.1, 0.15) is 32.6 Å². The van der Waals surface area contributed by atoms with E-state index >= 15 is 0 Å². The maximum atomic E-state index is 13.7. The average Bonchev–Trinajstić information content (AvgIpc) is 2.78. The molecule has 0 saturated heterocycles. The summed E-state index contributed by atoms with van der Waals surface area (Å²) < 4.78 is 13.7. The van der Waals surface area contributed by atoms with Crippen molar-refractivity contribution in [1.29, 1.82) is 0 Å². The van der Waals surface area contributed by atoms with Gasteiger partial charge in [0.05, 0.1) is 11.8 Å². The Bertz CT molecular complexity index is 383. The maximum absolute atomic E-state index is 13.7. The molecule has 3 heteroatoms. The zero-order chi connectivity index (χ0) is 13.0. The van der Waals surface area contributed by atoms with Crippen LogP contribution in [0, 0.1) is 11.7 Å². The van der Waals surface area contributed by atoms with Gasteiger partial charge in [0.2, 0.25) is 0 Å². The van der Waals surface area contributed by atoms with E-state index in [2.05, 4.69) is 4.90 Å². The number of rotatable bonds is 5. The summed E-state index contributed by atoms with van der Waals surface area (Å²) in [5.74, 6) is 0.233. The van der Waals surface area contributed by atoms with Crippen molar-refractivity contribution in [2.75, 3.05) is 18.0 Å². The van der Waals surface area contributed by atoms with Gasteiger partial charge < -0.3 is 10.0 Å². The summed E-state index contributed by atoms with van der Waals surface area (Å²) >= 11 is 0. The molecule has 2 atom stereocenters. The van der Waals surface area contributed by atoms with Crippen molar-refractivity contribution >= 4 is 5.69 Å². The Morgan fingerprint density at radius 1 is 1.33 bits per heavy atom. The molecule has 1 aliphatic rings. The second-order valence-corrected chi connectivity index (χ2v) is 5.08. The molecule has 0 aliphatic heterocycles. The highest BCUT2D eigenvalue weighted by atomic mass is 19.1. The Kier molecular flexibility index (Phi) is 4.59. The monoisotopic (exact) mass is 251 g/mol. The molecule has 0 bridgehead atoms. The first-order valence-corrected chi connectivity index (χ1v) is 6.90. The second kappa shape index (κ2) is 6.19. The van der Waals surface area contributed by atoms with Crippen LogP contribution in [0.2, 0.25) is 0 Å². The van der Waals surface area contributed by atoms with E-state index in [9.17, 15) is 9.50 Å². The molecule has 2 nitrogen and oxygen atoms in total. The first kappa shape index (κ1) is 13.3. The van der Waals surface area contributed by atoms with Crippen molar-refractivity contribution < 1.29 is 9.50 Å². The minimum atomic E-state index is -0.161. The van der Waals surface area contributed by atoms with Gasteiger partial charge in [-0.3, -0.25) is 0 Å². The van der Waals surface area contributed by atoms with Crippen LogP contribution in [0.3, 0.4) is 0 Å². The van der Waals surface area contributed by atoms with Gasteiger partial charge in [-0.2, -0.15) is 0 Å². The number of para-hydroxylation sites is 1. The minimum absolute atomic E-state index is 0.149. The van der Waals surface area contributed by atoms with Crippen LogP contribution in [-0.4, -0.2) is 24.3 Å². The number of halogens is 1. The minimum Gasteiger partial charge on any atom is -0.393 e. The predicted molar refractivity (Wildman–Crippen MR) is 72.3 cm³/mol. The lowest BCUT2D eigenvalue weighted by Crippen LogP contribution is -2.28. The number of benzene rings is 1. The summed E-state index contributed by atoms with van der Waals surface area (Å²) in [6.07, 6.45) is 3.96. The molecule has 1 aliphatic carbocycles. The SMILES string of the molecule is CCN(CCC1CCCC1O)c1ccccc1F. The zero-order valence-electron chi connectivity index (χ0n) is 11.0. The number of nitrogens with zero attached hydrogens (tertiary/aromatic N) is 1. The summed E-state index contributed by atoms with van der Waals surface area (Å²) in [7, 11) is 0. The molecule has 1 aromatic rings. The van der Waals surface area contributed by atoms with Crippen molar-refractivity contribution in [3.8, 4) is 0 Å². The second-order valence-electron chi connectivity index (χ2n) is 5.08. The van der Waals surface area contributed by atoms with Gasteiger partial charge in [0.15, 0.2) is 0 Å². The average molecular weight is 251 g/mol. The zero-order valence-corrected chi connectivity index (χ0v) is 11.0. The van der Waals surface area contributed by atoms with Crippen molar-refractivity contribution in [2.45, 2.75) is 38.7 Å². The van der Waals surface area contributed by atoms with Gasteiger partial charge in [0, 0.05) is 13.1 Å². The Morgan fingerprint density at radius 3 is 2.72 bits per heavy atom. The first-order valence-electron chi connectivity index (χ1n) is 6.90. The highest BCUT2D eigenvalue weighted by Gasteiger charge is 2.25. The molecule has 100 valence electrons. The lowest BCUT2D eigenvalue weighted by molar-refractivity contribution is 0.129. The fourth-order valence-corrected chi connectivity index (χ4v) is 2.83. The fourth-order valence-electron chi connectivity index (χ4n) is 2.83. The standard InChI is InChI=1S/C15H22FNO/c1-2-17(14-8-4-3-7-13(14)16)11-10-12-6-5-9-15(12)18/h3-4,7-8,12,15,18H,2,5-6,9-11H2,1H3. The molecule has 0 amide bonds. The number of hydrogen-bond acceptors (Lipinski definition) is 2. The van der Waals surface area contributed by atoms with Crippen LogP contribution < -0.4 is 4.90 Å². The lowest BCUT2D eigenvalue weighted by atomic mass is 10.0. The Labute approximate surface area is 108 Å². The molecule has 1 N–H and O–H groups in total. The van der Waals surface area contributed by atoms with E-state index in [1.54, 1.807) is 6.07 Å². The Hall–Kier alpha value is -1.09. The number of aliphatic hydroxyl groups excluding tert-OH is 1. The third-order valence-electron chi connectivity index (χ3n) is 3.96. The van der Waals surface area contributed by atoms with E-state index in [0.29, 0.717) is 11.6 Å². The molecule has 2 rings (SSSR count). The normalized spacial score (nSPS) is 23.3. The molecule has 1 saturated carbocycles. The summed E-state index contributed by atoms with van der Waals surface area (Å²) in [5.41, 5.74) is 0.674. The molecule has 0 aromatic heterocycles. The number of aliphatic hydroxyl groups is 1. The molecular formula is C15H22FNO. The Balaban J connectivity index is 1.95. The molecule has 0 radical (unpaired) electrons. The van der Waals surface area contributed by atoms with Gasteiger partial charge in [-0.05, 0) is 44.2 Å². The molecular weight excluding hydrogens is 229 g/mol. The molecule has 0 heterocycles. The lowest BCUT2D eigenvalue weighted by Gasteiger charge is -2.26. The smallest absolute Gasteiger partial charge is 0.146 e. The van der Waals surface area contributed by atoms with Gasteiger partial charge in [0.1, 0.15) is 5.82 Å². The summed E-state index contributed by atoms with van der Waals surface area (Å²) in [5, 5.41) is 9.81. The summed E-state index contributed by atoms with van der Waals surface area (Å²) in [6, 6.07) is 6.91. The topological polar surface area (TPSA) is 23.5 Å². The van der Waals surface area contributed by atoms with Gasteiger partial charge in [-0.15, -0.1) is 0 Å². The van der Waals surface area contributed by atoms with Crippen LogP contribution in [0.15, 0.2) is 24.3 Å². The third kappa shape index (κ3) is 3.02. The van der Waals surface area contributed by atoms with Crippen molar-refractivity contribution in [3.63, 3.8) is 0 Å². The molecule has 0 spiro atoms. The first-order chi connectivity index (χ1) is 8.72. The third-order valence-corrected chi connectivity index (χ3v) is 3.96. The van der Waals surface area contributed by atoms with E-state index in [0.717, 1.165) is 38.8 Å². The highest BCUT2D eigenvalue weighted by molar-refractivity contribution is 5.47. The van der Waals surface area contributed by atoms with Gasteiger partial charge in [0.25, 0.3) is 0 Å². The number of anilines is 1. The fraction of sp³-hybridized carbons (Fsp3) is 0.600. The van der Waals surface area contributed by atoms with Crippen molar-refractivity contribution in [3.05, 3.63) is 30.1 Å². The largest absolute Gasteiger partial charge is 0.393 e.